The number of rotatable bonds is 3. The second kappa shape index (κ2) is 8.13. The molecule has 11 heteroatoms. The topological polar surface area (TPSA) is 81.7 Å². The van der Waals surface area contributed by atoms with E-state index >= 15 is 0 Å². The summed E-state index contributed by atoms with van der Waals surface area (Å²) >= 11 is 5.67. The van der Waals surface area contributed by atoms with Crippen LogP contribution in [0.3, 0.4) is 0 Å². The zero-order valence-electron chi connectivity index (χ0n) is 19.4. The van der Waals surface area contributed by atoms with Crippen LogP contribution in [-0.4, -0.2) is 25.9 Å². The van der Waals surface area contributed by atoms with Crippen LogP contribution in [0.4, 0.5) is 24.5 Å². The molecule has 0 unspecified atom stereocenters. The maximum atomic E-state index is 13.7. The third-order valence-electron chi connectivity index (χ3n) is 6.88. The maximum absolute atomic E-state index is 13.7. The molecule has 5 rings (SSSR count). The Kier molecular flexibility index (Phi) is 5.41. The Hall–Kier alpha value is -3.78. The number of benzene rings is 1. The average Bonchev–Trinajstić information content (AvgIpc) is 3.05. The number of hydrogen-bond donors (Lipinski definition) is 0. The predicted octanol–water partition coefficient (Wildman–Crippen LogP) is 4.52. The first-order chi connectivity index (χ1) is 17.0. The van der Waals surface area contributed by atoms with Gasteiger partial charge in [0.15, 0.2) is 5.11 Å². The summed E-state index contributed by atoms with van der Waals surface area (Å²) in [5.41, 5.74) is -0.740. The summed E-state index contributed by atoms with van der Waals surface area (Å²) < 4.78 is 42.2. The van der Waals surface area contributed by atoms with Gasteiger partial charge in [0.25, 0.3) is 11.5 Å². The summed E-state index contributed by atoms with van der Waals surface area (Å²) in [5.74, 6) is -0.430. The highest BCUT2D eigenvalue weighted by atomic mass is 32.1. The summed E-state index contributed by atoms with van der Waals surface area (Å²) in [5, 5.41) is 9.15. The van der Waals surface area contributed by atoms with E-state index in [9.17, 15) is 22.8 Å². The number of nitriles is 1. The molecule has 184 valence electrons. The van der Waals surface area contributed by atoms with Crippen LogP contribution < -0.4 is 15.4 Å². The molecule has 0 bridgehead atoms. The number of amides is 1. The first-order valence-electron chi connectivity index (χ1n) is 11.3. The molecule has 3 aromatic rings. The van der Waals surface area contributed by atoms with Crippen molar-refractivity contribution >= 4 is 40.3 Å². The first-order valence-corrected chi connectivity index (χ1v) is 11.8. The second-order valence-electron chi connectivity index (χ2n) is 9.00. The molecule has 2 fully saturated rings. The van der Waals surface area contributed by atoms with Crippen molar-refractivity contribution in [3.8, 4) is 6.07 Å². The second-order valence-corrected chi connectivity index (χ2v) is 9.36. The lowest BCUT2D eigenvalue weighted by Crippen LogP contribution is -2.55. The molecule has 0 radical (unpaired) electrons. The van der Waals surface area contributed by atoms with E-state index in [1.54, 1.807) is 30.2 Å². The van der Waals surface area contributed by atoms with Crippen molar-refractivity contribution in [3.05, 3.63) is 69.3 Å². The Labute approximate surface area is 209 Å². The molecule has 1 spiro atoms. The van der Waals surface area contributed by atoms with Crippen LogP contribution in [-0.2, 0) is 17.4 Å². The number of aryl methyl sites for hydroxylation is 2. The lowest BCUT2D eigenvalue weighted by molar-refractivity contribution is -0.137. The van der Waals surface area contributed by atoms with Gasteiger partial charge in [0.2, 0.25) is 0 Å². The van der Waals surface area contributed by atoms with Crippen LogP contribution >= 0.6 is 12.2 Å². The largest absolute Gasteiger partial charge is 0.417 e. The fourth-order valence-corrected chi connectivity index (χ4v) is 5.38. The highest BCUT2D eigenvalue weighted by Gasteiger charge is 2.59. The zero-order chi connectivity index (χ0) is 26.0. The van der Waals surface area contributed by atoms with Crippen LogP contribution in [0.1, 0.15) is 48.6 Å². The van der Waals surface area contributed by atoms with E-state index in [1.807, 2.05) is 6.92 Å². The van der Waals surface area contributed by atoms with Gasteiger partial charge < -0.3 is 4.90 Å². The smallest absolute Gasteiger partial charge is 0.301 e. The fourth-order valence-electron chi connectivity index (χ4n) is 4.91. The predicted molar refractivity (Wildman–Crippen MR) is 131 cm³/mol. The quantitative estimate of drug-likeness (QED) is 0.481. The molecule has 1 amide bonds. The van der Waals surface area contributed by atoms with Crippen molar-refractivity contribution < 1.29 is 18.0 Å². The number of halogens is 3. The molecule has 1 aliphatic carbocycles. The fraction of sp³-hybridized carbons (Fsp3) is 0.320. The van der Waals surface area contributed by atoms with Crippen LogP contribution in [0.25, 0.3) is 5.65 Å². The number of carbonyl (C=O) groups excluding carboxylic acids is 1. The molecule has 36 heavy (non-hydrogen) atoms. The number of thiocarbonyl (C=S) groups is 1. The average molecular weight is 512 g/mol. The molecular formula is C25H20F3N5O2S. The monoisotopic (exact) mass is 511 g/mol. The Morgan fingerprint density at radius 1 is 1.17 bits per heavy atom. The Morgan fingerprint density at radius 2 is 1.89 bits per heavy atom. The summed E-state index contributed by atoms with van der Waals surface area (Å²) in [6, 6.07) is 7.90. The number of pyridine rings is 1. The molecule has 7 nitrogen and oxygen atoms in total. The number of fused-ring (bicyclic) bond motifs is 1. The minimum Gasteiger partial charge on any atom is -0.301 e. The maximum Gasteiger partial charge on any atom is 0.417 e. The van der Waals surface area contributed by atoms with Crippen molar-refractivity contribution in [1.29, 1.82) is 5.26 Å². The molecule has 2 aliphatic rings. The number of aromatic nitrogens is 2. The van der Waals surface area contributed by atoms with E-state index in [1.165, 1.54) is 16.5 Å². The van der Waals surface area contributed by atoms with Gasteiger partial charge in [-0.2, -0.15) is 18.4 Å². The zero-order valence-corrected chi connectivity index (χ0v) is 20.2. The SMILES string of the molecule is CCc1cc(=O)n2cc(N3C(=S)N(c4ccc(C#N)c(C(F)(F)F)c4)C(=O)C34CCC4)cc(C)c2n1. The number of nitrogens with zero attached hydrogens (tertiary/aromatic N) is 5. The number of hydrogen-bond acceptors (Lipinski definition) is 5. The summed E-state index contributed by atoms with van der Waals surface area (Å²) in [7, 11) is 0. The third-order valence-corrected chi connectivity index (χ3v) is 7.25. The Morgan fingerprint density at radius 3 is 2.47 bits per heavy atom. The number of anilines is 2. The lowest BCUT2D eigenvalue weighted by atomic mass is 9.75. The van der Waals surface area contributed by atoms with Crippen molar-refractivity contribution in [3.63, 3.8) is 0 Å². The van der Waals surface area contributed by atoms with E-state index in [2.05, 4.69) is 4.98 Å². The van der Waals surface area contributed by atoms with Crippen molar-refractivity contribution in [2.24, 2.45) is 0 Å². The Balaban J connectivity index is 1.66. The van der Waals surface area contributed by atoms with Crippen molar-refractivity contribution in [1.82, 2.24) is 9.38 Å². The van der Waals surface area contributed by atoms with Gasteiger partial charge in [-0.1, -0.05) is 6.92 Å². The van der Waals surface area contributed by atoms with Crippen LogP contribution in [0.2, 0.25) is 0 Å². The molecule has 3 heterocycles. The normalized spacial score (nSPS) is 17.1. The highest BCUT2D eigenvalue weighted by molar-refractivity contribution is 7.81. The number of alkyl halides is 3. The molecule has 0 atom stereocenters. The van der Waals surface area contributed by atoms with Crippen LogP contribution in [0.15, 0.2) is 41.3 Å². The summed E-state index contributed by atoms with van der Waals surface area (Å²) in [6.07, 6.45) is -0.942. The minimum atomic E-state index is -4.78. The molecule has 1 saturated carbocycles. The van der Waals surface area contributed by atoms with Gasteiger partial charge in [0.1, 0.15) is 11.2 Å². The lowest BCUT2D eigenvalue weighted by Gasteiger charge is -2.43. The van der Waals surface area contributed by atoms with Gasteiger partial charge in [-0.25, -0.2) is 4.98 Å². The van der Waals surface area contributed by atoms with Crippen LogP contribution in [0, 0.1) is 18.3 Å². The third kappa shape index (κ3) is 3.39. The summed E-state index contributed by atoms with van der Waals surface area (Å²) in [6.45, 7) is 3.70. The van der Waals surface area contributed by atoms with Gasteiger partial charge in [-0.05, 0) is 74.7 Å². The van der Waals surface area contributed by atoms with Crippen molar-refractivity contribution in [2.45, 2.75) is 51.2 Å². The minimum absolute atomic E-state index is 0.0162. The van der Waals surface area contributed by atoms with E-state index in [-0.39, 0.29) is 16.4 Å². The molecule has 1 aliphatic heterocycles. The standard InChI is InChI=1S/C25H20F3N5O2S/c1-3-16-10-20(34)31-13-18(9-14(2)21(31)30-16)33-23(36)32(22(35)24(33)7-4-8-24)17-6-5-15(12-29)19(11-17)25(26,27)28/h5-6,9-11,13H,3-4,7-8H2,1-2H3. The molecule has 1 aromatic carbocycles. The van der Waals surface area contributed by atoms with E-state index in [0.29, 0.717) is 41.9 Å². The molecule has 1 saturated heterocycles. The van der Waals surface area contributed by atoms with Gasteiger partial charge in [0.05, 0.1) is 28.6 Å². The summed E-state index contributed by atoms with van der Waals surface area (Å²) in [4.78, 5) is 33.8. The first kappa shape index (κ1) is 23.9. The van der Waals surface area contributed by atoms with Crippen molar-refractivity contribution in [2.75, 3.05) is 9.80 Å². The molecule has 0 N–H and O–H groups in total. The van der Waals surface area contributed by atoms with Gasteiger partial charge in [0, 0.05) is 18.0 Å². The Bertz CT molecular complexity index is 1550. The van der Waals surface area contributed by atoms with E-state index < -0.39 is 28.7 Å². The van der Waals surface area contributed by atoms with Crippen LogP contribution in [0.5, 0.6) is 0 Å². The van der Waals surface area contributed by atoms with Gasteiger partial charge >= 0.3 is 6.18 Å². The van der Waals surface area contributed by atoms with E-state index in [4.69, 9.17) is 17.5 Å². The molecule has 2 aromatic heterocycles. The highest BCUT2D eigenvalue weighted by Crippen LogP contribution is 2.48. The van der Waals surface area contributed by atoms with Gasteiger partial charge in [-0.3, -0.25) is 18.9 Å². The molecular weight excluding hydrogens is 491 g/mol. The number of carbonyl (C=O) groups is 1. The van der Waals surface area contributed by atoms with E-state index in [0.717, 1.165) is 23.5 Å². The van der Waals surface area contributed by atoms with Gasteiger partial charge in [-0.15, -0.1) is 0 Å².